The summed E-state index contributed by atoms with van der Waals surface area (Å²) < 4.78 is 5.64. The monoisotopic (exact) mass is 302 g/mol. The van der Waals surface area contributed by atoms with Crippen LogP contribution in [0, 0.1) is 5.41 Å². The molecule has 0 aromatic rings. The highest BCUT2D eigenvalue weighted by atomic mass is 16.5. The average molecular weight is 302 g/mol. The van der Waals surface area contributed by atoms with Crippen LogP contribution in [0.1, 0.15) is 34.1 Å². The van der Waals surface area contributed by atoms with E-state index in [1.165, 1.54) is 0 Å². The van der Waals surface area contributed by atoms with Gasteiger partial charge >= 0.3 is 12.0 Å². The van der Waals surface area contributed by atoms with Gasteiger partial charge in [0.2, 0.25) is 0 Å². The van der Waals surface area contributed by atoms with Gasteiger partial charge in [0.15, 0.2) is 0 Å². The van der Waals surface area contributed by atoms with Crippen molar-refractivity contribution in [1.29, 1.82) is 0 Å². The van der Waals surface area contributed by atoms with Gasteiger partial charge in [0.1, 0.15) is 0 Å². The molecule has 0 aliphatic carbocycles. The number of amides is 2. The third-order valence-electron chi connectivity index (χ3n) is 3.90. The maximum Gasteiger partial charge on any atom is 0.317 e. The van der Waals surface area contributed by atoms with E-state index in [1.807, 2.05) is 13.8 Å². The number of nitrogens with one attached hydrogen (secondary N) is 1. The molecule has 2 atom stereocenters. The maximum absolute atomic E-state index is 12.2. The average Bonchev–Trinajstić information content (AvgIpc) is 2.42. The number of aliphatic hydroxyl groups excluding tert-OH is 1. The van der Waals surface area contributed by atoms with Crippen LogP contribution in [0.2, 0.25) is 0 Å². The van der Waals surface area contributed by atoms with Crippen LogP contribution in [0.15, 0.2) is 0 Å². The fourth-order valence-electron chi connectivity index (χ4n) is 2.28. The predicted molar refractivity (Wildman–Crippen MR) is 77.0 cm³/mol. The van der Waals surface area contributed by atoms with E-state index in [1.54, 1.807) is 18.7 Å². The Balaban J connectivity index is 2.64. The second-order valence-corrected chi connectivity index (χ2v) is 6.44. The number of aliphatic hydroxyl groups is 1. The second kappa shape index (κ2) is 6.62. The summed E-state index contributed by atoms with van der Waals surface area (Å²) in [6, 6.07) is -0.328. The van der Waals surface area contributed by atoms with Crippen molar-refractivity contribution in [2.45, 2.75) is 45.8 Å². The normalized spacial score (nSPS) is 24.2. The standard InChI is InChI=1S/C14H26N2O5/c1-5-14(4,11(18)19)8-15-12(20)16-6-10(7-17)21-13(2,3)9-16/h10,17H,5-9H2,1-4H3,(H,15,20)(H,18,19). The number of carbonyl (C=O) groups is 2. The molecule has 21 heavy (non-hydrogen) atoms. The number of hydrogen-bond donors (Lipinski definition) is 3. The summed E-state index contributed by atoms with van der Waals surface area (Å²) in [6.45, 7) is 7.68. The summed E-state index contributed by atoms with van der Waals surface area (Å²) in [4.78, 5) is 25.0. The first-order valence-corrected chi connectivity index (χ1v) is 7.18. The zero-order valence-corrected chi connectivity index (χ0v) is 13.2. The molecule has 1 heterocycles. The summed E-state index contributed by atoms with van der Waals surface area (Å²) in [5.41, 5.74) is -1.52. The lowest BCUT2D eigenvalue weighted by molar-refractivity contribution is -0.148. The highest BCUT2D eigenvalue weighted by molar-refractivity contribution is 5.78. The number of urea groups is 1. The van der Waals surface area contributed by atoms with E-state index in [-0.39, 0.29) is 19.2 Å². The Morgan fingerprint density at radius 1 is 1.48 bits per heavy atom. The largest absolute Gasteiger partial charge is 0.481 e. The second-order valence-electron chi connectivity index (χ2n) is 6.44. The number of ether oxygens (including phenoxy) is 1. The Kier molecular flexibility index (Phi) is 5.58. The highest BCUT2D eigenvalue weighted by Crippen LogP contribution is 2.22. The topological polar surface area (TPSA) is 99.1 Å². The number of hydrogen-bond acceptors (Lipinski definition) is 4. The Morgan fingerprint density at radius 2 is 2.10 bits per heavy atom. The Bertz CT molecular complexity index is 399. The summed E-state index contributed by atoms with van der Waals surface area (Å²) in [7, 11) is 0. The Labute approximate surface area is 125 Å². The van der Waals surface area contributed by atoms with E-state index in [0.29, 0.717) is 19.5 Å². The lowest BCUT2D eigenvalue weighted by Gasteiger charge is -2.42. The molecule has 3 N–H and O–H groups in total. The van der Waals surface area contributed by atoms with Gasteiger partial charge in [0.25, 0.3) is 0 Å². The maximum atomic E-state index is 12.2. The van der Waals surface area contributed by atoms with Gasteiger partial charge in [-0.2, -0.15) is 0 Å². The number of morpholine rings is 1. The number of rotatable bonds is 5. The quantitative estimate of drug-likeness (QED) is 0.693. The zero-order valence-electron chi connectivity index (χ0n) is 13.2. The molecule has 0 aromatic carbocycles. The first-order valence-electron chi connectivity index (χ1n) is 7.18. The van der Waals surface area contributed by atoms with Crippen molar-refractivity contribution in [1.82, 2.24) is 10.2 Å². The highest BCUT2D eigenvalue weighted by Gasteiger charge is 2.37. The van der Waals surface area contributed by atoms with Crippen molar-refractivity contribution in [3.63, 3.8) is 0 Å². The van der Waals surface area contributed by atoms with E-state index in [0.717, 1.165) is 0 Å². The molecular weight excluding hydrogens is 276 g/mol. The van der Waals surface area contributed by atoms with Crippen molar-refractivity contribution >= 4 is 12.0 Å². The summed E-state index contributed by atoms with van der Waals surface area (Å²) in [5.74, 6) is -0.930. The van der Waals surface area contributed by atoms with E-state index in [4.69, 9.17) is 4.74 Å². The van der Waals surface area contributed by atoms with Gasteiger partial charge in [0.05, 0.1) is 36.8 Å². The number of carboxylic acids is 1. The number of aliphatic carboxylic acids is 1. The molecular formula is C14H26N2O5. The number of carboxylic acid groups (broad SMARTS) is 1. The molecule has 1 aliphatic heterocycles. The molecule has 1 saturated heterocycles. The van der Waals surface area contributed by atoms with Crippen molar-refractivity contribution in [3.05, 3.63) is 0 Å². The van der Waals surface area contributed by atoms with Gasteiger partial charge in [-0.15, -0.1) is 0 Å². The molecule has 1 rings (SSSR count). The lowest BCUT2D eigenvalue weighted by atomic mass is 9.88. The van der Waals surface area contributed by atoms with Crippen molar-refractivity contribution in [2.24, 2.45) is 5.41 Å². The third kappa shape index (κ3) is 4.57. The van der Waals surface area contributed by atoms with E-state index in [9.17, 15) is 19.8 Å². The van der Waals surface area contributed by atoms with Gasteiger partial charge in [0, 0.05) is 6.54 Å². The van der Waals surface area contributed by atoms with Crippen molar-refractivity contribution in [2.75, 3.05) is 26.2 Å². The van der Waals surface area contributed by atoms with Crippen LogP contribution in [-0.4, -0.2) is 65.1 Å². The van der Waals surface area contributed by atoms with Gasteiger partial charge in [-0.25, -0.2) is 4.79 Å². The van der Waals surface area contributed by atoms with Crippen LogP contribution in [0.3, 0.4) is 0 Å². The zero-order chi connectivity index (χ0) is 16.3. The summed E-state index contributed by atoms with van der Waals surface area (Å²) in [6.07, 6.45) is 0.00719. The Morgan fingerprint density at radius 3 is 2.57 bits per heavy atom. The first-order chi connectivity index (χ1) is 9.63. The van der Waals surface area contributed by atoms with Crippen LogP contribution in [0.4, 0.5) is 4.79 Å². The number of carbonyl (C=O) groups excluding carboxylic acids is 1. The summed E-state index contributed by atoms with van der Waals surface area (Å²) >= 11 is 0. The minimum absolute atomic E-state index is 0.0687. The van der Waals surface area contributed by atoms with Gasteiger partial charge < -0.3 is 25.2 Å². The molecule has 7 heteroatoms. The molecule has 0 bridgehead atoms. The molecule has 0 radical (unpaired) electrons. The van der Waals surface area contributed by atoms with Gasteiger partial charge in [-0.05, 0) is 27.2 Å². The third-order valence-corrected chi connectivity index (χ3v) is 3.90. The first kappa shape index (κ1) is 17.7. The van der Waals surface area contributed by atoms with Crippen molar-refractivity contribution in [3.8, 4) is 0 Å². The molecule has 7 nitrogen and oxygen atoms in total. The molecule has 2 amide bonds. The SMILES string of the molecule is CCC(C)(CNC(=O)N1CC(CO)OC(C)(C)C1)C(=O)O. The van der Waals surface area contributed by atoms with E-state index in [2.05, 4.69) is 5.32 Å². The van der Waals surface area contributed by atoms with E-state index < -0.39 is 23.1 Å². The van der Waals surface area contributed by atoms with Gasteiger partial charge in [-0.3, -0.25) is 4.79 Å². The molecule has 0 saturated carbocycles. The smallest absolute Gasteiger partial charge is 0.317 e. The molecule has 1 aliphatic rings. The number of nitrogens with zero attached hydrogens (tertiary/aromatic N) is 1. The minimum atomic E-state index is -0.978. The fraction of sp³-hybridized carbons (Fsp3) is 0.857. The fourth-order valence-corrected chi connectivity index (χ4v) is 2.28. The molecule has 0 aromatic heterocycles. The Hall–Kier alpha value is -1.34. The molecule has 1 fully saturated rings. The molecule has 122 valence electrons. The summed E-state index contributed by atoms with van der Waals surface area (Å²) in [5, 5.41) is 21.1. The van der Waals surface area contributed by atoms with Gasteiger partial charge in [-0.1, -0.05) is 6.92 Å². The molecule has 0 spiro atoms. The van der Waals surface area contributed by atoms with Crippen LogP contribution in [0.25, 0.3) is 0 Å². The molecule has 2 unspecified atom stereocenters. The predicted octanol–water partition coefficient (Wildman–Crippen LogP) is 0.669. The minimum Gasteiger partial charge on any atom is -0.481 e. The van der Waals surface area contributed by atoms with E-state index >= 15 is 0 Å². The van der Waals surface area contributed by atoms with Crippen LogP contribution >= 0.6 is 0 Å². The van der Waals surface area contributed by atoms with Crippen LogP contribution < -0.4 is 5.32 Å². The van der Waals surface area contributed by atoms with Crippen LogP contribution in [-0.2, 0) is 9.53 Å². The van der Waals surface area contributed by atoms with Crippen LogP contribution in [0.5, 0.6) is 0 Å². The lowest BCUT2D eigenvalue weighted by Crippen LogP contribution is -2.58. The van der Waals surface area contributed by atoms with Crippen molar-refractivity contribution < 1.29 is 24.5 Å².